The Balaban J connectivity index is 2.09. The van der Waals surface area contributed by atoms with E-state index in [0.29, 0.717) is 24.2 Å². The molecule has 0 saturated carbocycles. The van der Waals surface area contributed by atoms with E-state index >= 15 is 0 Å². The van der Waals surface area contributed by atoms with Gasteiger partial charge in [0.05, 0.1) is 13.2 Å². The standard InChI is InChI=1S/C8H9ClN4O3S/c9-7-10-4-6(17-7)5-12-2-1-3-16-8(12)11-13(14)15/h4H,1-3,5H2. The molecule has 0 radical (unpaired) electrons. The van der Waals surface area contributed by atoms with Gasteiger partial charge in [-0.25, -0.2) is 15.1 Å². The molecular weight excluding hydrogens is 268 g/mol. The molecule has 0 unspecified atom stereocenters. The quantitative estimate of drug-likeness (QED) is 0.618. The lowest BCUT2D eigenvalue weighted by atomic mass is 10.3. The molecule has 9 heteroatoms. The van der Waals surface area contributed by atoms with Crippen molar-refractivity contribution >= 4 is 29.0 Å². The molecule has 0 amide bonds. The summed E-state index contributed by atoms with van der Waals surface area (Å²) in [6, 6.07) is 0.0470. The minimum atomic E-state index is -0.757. The van der Waals surface area contributed by atoms with Crippen LogP contribution < -0.4 is 0 Å². The number of halogens is 1. The summed E-state index contributed by atoms with van der Waals surface area (Å²) in [6.07, 6.45) is 2.45. The van der Waals surface area contributed by atoms with Gasteiger partial charge in [-0.2, -0.15) is 0 Å². The van der Waals surface area contributed by atoms with Crippen molar-refractivity contribution < 1.29 is 9.77 Å². The first kappa shape index (κ1) is 12.1. The van der Waals surface area contributed by atoms with Crippen molar-refractivity contribution in [1.82, 2.24) is 9.88 Å². The molecule has 1 aliphatic heterocycles. The largest absolute Gasteiger partial charge is 0.461 e. The van der Waals surface area contributed by atoms with Gasteiger partial charge in [-0.05, 0) is 6.42 Å². The van der Waals surface area contributed by atoms with Crippen molar-refractivity contribution in [2.75, 3.05) is 13.2 Å². The Hall–Kier alpha value is -1.41. The monoisotopic (exact) mass is 276 g/mol. The van der Waals surface area contributed by atoms with Gasteiger partial charge >= 0.3 is 6.02 Å². The number of hydrogen-bond acceptors (Lipinski definition) is 5. The van der Waals surface area contributed by atoms with Gasteiger partial charge in [0.2, 0.25) is 0 Å². The van der Waals surface area contributed by atoms with Gasteiger partial charge in [0.1, 0.15) is 5.10 Å². The average Bonchev–Trinajstić information content (AvgIpc) is 2.66. The highest BCUT2D eigenvalue weighted by Crippen LogP contribution is 2.20. The SMILES string of the molecule is O=[N+]([O-])N=C1OCCCN1Cc1cnc(Cl)s1. The molecule has 2 heterocycles. The molecule has 1 aliphatic rings. The summed E-state index contributed by atoms with van der Waals surface area (Å²) in [6.45, 7) is 1.59. The fraction of sp³-hybridized carbons (Fsp3) is 0.500. The lowest BCUT2D eigenvalue weighted by molar-refractivity contribution is -0.487. The second-order valence-corrected chi connectivity index (χ2v) is 5.02. The van der Waals surface area contributed by atoms with Crippen LogP contribution in [-0.2, 0) is 11.3 Å². The predicted molar refractivity (Wildman–Crippen MR) is 62.5 cm³/mol. The molecule has 1 fully saturated rings. The number of ether oxygens (including phenoxy) is 1. The average molecular weight is 277 g/mol. The van der Waals surface area contributed by atoms with Crippen LogP contribution in [0.5, 0.6) is 0 Å². The van der Waals surface area contributed by atoms with E-state index in [0.717, 1.165) is 11.3 Å². The summed E-state index contributed by atoms with van der Waals surface area (Å²) >= 11 is 7.05. The third-order valence-electron chi connectivity index (χ3n) is 2.11. The summed E-state index contributed by atoms with van der Waals surface area (Å²) in [4.78, 5) is 16.9. The van der Waals surface area contributed by atoms with Gasteiger partial charge < -0.3 is 9.64 Å². The van der Waals surface area contributed by atoms with Crippen LogP contribution in [0.15, 0.2) is 11.3 Å². The van der Waals surface area contributed by atoms with Crippen molar-refractivity contribution in [2.24, 2.45) is 5.10 Å². The zero-order valence-corrected chi connectivity index (χ0v) is 10.3. The summed E-state index contributed by atoms with van der Waals surface area (Å²) in [7, 11) is 0. The molecular formula is C8H9ClN4O3S. The maximum absolute atomic E-state index is 10.4. The minimum Gasteiger partial charge on any atom is -0.461 e. The van der Waals surface area contributed by atoms with Gasteiger partial charge in [0.15, 0.2) is 9.50 Å². The first-order valence-electron chi connectivity index (χ1n) is 4.86. The van der Waals surface area contributed by atoms with E-state index in [1.807, 2.05) is 0 Å². The Bertz CT molecular complexity index is 450. The van der Waals surface area contributed by atoms with E-state index in [-0.39, 0.29) is 6.02 Å². The highest BCUT2D eigenvalue weighted by atomic mass is 35.5. The molecule has 17 heavy (non-hydrogen) atoms. The first-order valence-corrected chi connectivity index (χ1v) is 6.05. The van der Waals surface area contributed by atoms with Crippen molar-refractivity contribution in [1.29, 1.82) is 0 Å². The maximum Gasteiger partial charge on any atom is 0.362 e. The molecule has 1 aromatic heterocycles. The van der Waals surface area contributed by atoms with Crippen LogP contribution in [0.2, 0.25) is 4.47 Å². The van der Waals surface area contributed by atoms with Crippen molar-refractivity contribution in [3.63, 3.8) is 0 Å². The van der Waals surface area contributed by atoms with E-state index in [2.05, 4.69) is 10.1 Å². The van der Waals surface area contributed by atoms with E-state index in [1.54, 1.807) is 11.1 Å². The Kier molecular flexibility index (Phi) is 3.75. The summed E-state index contributed by atoms with van der Waals surface area (Å²) in [5.74, 6) is 0. The molecule has 2 rings (SSSR count). The summed E-state index contributed by atoms with van der Waals surface area (Å²) in [5, 5.41) is 12.8. The Morgan fingerprint density at radius 3 is 3.24 bits per heavy atom. The van der Waals surface area contributed by atoms with E-state index in [4.69, 9.17) is 16.3 Å². The number of nitro groups is 1. The van der Waals surface area contributed by atoms with Gasteiger partial charge in [-0.15, -0.1) is 11.3 Å². The predicted octanol–water partition coefficient (Wildman–Crippen LogP) is 1.57. The highest BCUT2D eigenvalue weighted by molar-refractivity contribution is 7.15. The topological polar surface area (TPSA) is 80.9 Å². The first-order chi connectivity index (χ1) is 8.15. The molecule has 1 saturated heterocycles. The smallest absolute Gasteiger partial charge is 0.362 e. The van der Waals surface area contributed by atoms with Crippen LogP contribution in [0.3, 0.4) is 0 Å². The van der Waals surface area contributed by atoms with Crippen LogP contribution in [0.4, 0.5) is 0 Å². The fourth-order valence-electron chi connectivity index (χ4n) is 1.46. The van der Waals surface area contributed by atoms with E-state index < -0.39 is 5.03 Å². The number of hydrogen-bond donors (Lipinski definition) is 0. The van der Waals surface area contributed by atoms with E-state index in [9.17, 15) is 10.1 Å². The Morgan fingerprint density at radius 1 is 1.76 bits per heavy atom. The molecule has 0 N–H and O–H groups in total. The lowest BCUT2D eigenvalue weighted by Gasteiger charge is -2.27. The number of rotatable bonds is 3. The summed E-state index contributed by atoms with van der Waals surface area (Å²) < 4.78 is 5.62. The van der Waals surface area contributed by atoms with Crippen molar-refractivity contribution in [2.45, 2.75) is 13.0 Å². The minimum absolute atomic E-state index is 0.0470. The zero-order valence-electron chi connectivity index (χ0n) is 8.71. The molecule has 0 bridgehead atoms. The molecule has 1 aromatic rings. The van der Waals surface area contributed by atoms with Crippen LogP contribution in [0.25, 0.3) is 0 Å². The molecule has 0 spiro atoms. The van der Waals surface area contributed by atoms with Crippen molar-refractivity contribution in [3.05, 3.63) is 25.7 Å². The maximum atomic E-state index is 10.4. The summed E-state index contributed by atoms with van der Waals surface area (Å²) in [5.41, 5.74) is 0. The van der Waals surface area contributed by atoms with Gasteiger partial charge in [-0.1, -0.05) is 11.6 Å². The van der Waals surface area contributed by atoms with Gasteiger partial charge in [0.25, 0.3) is 0 Å². The van der Waals surface area contributed by atoms with Crippen LogP contribution in [0.1, 0.15) is 11.3 Å². The molecule has 7 nitrogen and oxygen atoms in total. The zero-order chi connectivity index (χ0) is 12.3. The molecule has 0 aromatic carbocycles. The van der Waals surface area contributed by atoms with E-state index in [1.165, 1.54) is 11.3 Å². The van der Waals surface area contributed by atoms with Gasteiger partial charge in [-0.3, -0.25) is 0 Å². The van der Waals surface area contributed by atoms with Crippen LogP contribution in [-0.4, -0.2) is 34.1 Å². The van der Waals surface area contributed by atoms with Crippen molar-refractivity contribution in [3.8, 4) is 0 Å². The number of hydrazone groups is 1. The fourth-order valence-corrected chi connectivity index (χ4v) is 2.45. The second-order valence-electron chi connectivity index (χ2n) is 3.32. The third kappa shape index (κ3) is 3.27. The molecule has 92 valence electrons. The highest BCUT2D eigenvalue weighted by Gasteiger charge is 2.22. The number of aromatic nitrogens is 1. The van der Waals surface area contributed by atoms with Crippen LogP contribution >= 0.6 is 22.9 Å². The second kappa shape index (κ2) is 5.28. The van der Waals surface area contributed by atoms with Gasteiger partial charge in [0, 0.05) is 17.6 Å². The number of thiazole rings is 1. The number of nitrogens with zero attached hydrogens (tertiary/aromatic N) is 4. The molecule has 0 aliphatic carbocycles. The Morgan fingerprint density at radius 2 is 2.59 bits per heavy atom. The Labute approximate surface area is 106 Å². The van der Waals surface area contributed by atoms with Crippen LogP contribution in [0, 0.1) is 10.1 Å². The molecule has 0 atom stereocenters. The number of amidine groups is 1. The normalized spacial score (nSPS) is 18.2. The third-order valence-corrected chi connectivity index (χ3v) is 3.21. The lowest BCUT2D eigenvalue weighted by Crippen LogP contribution is -2.38.